The van der Waals surface area contributed by atoms with Crippen LogP contribution in [0.25, 0.3) is 121 Å². The summed E-state index contributed by atoms with van der Waals surface area (Å²) in [7, 11) is 0. The molecule has 0 atom stereocenters. The van der Waals surface area contributed by atoms with Gasteiger partial charge in [0.15, 0.2) is 0 Å². The molecule has 3 heteroatoms. The molecule has 0 radical (unpaired) electrons. The smallest absolute Gasteiger partial charge is 0.136 e. The second-order valence-corrected chi connectivity index (χ2v) is 14.5. The zero-order valence-electron chi connectivity index (χ0n) is 28.5. The fraction of sp³-hybridized carbons (Fsp3) is 0. The number of aromatic nitrogens is 2. The van der Waals surface area contributed by atoms with Crippen molar-refractivity contribution in [3.8, 4) is 33.6 Å². The van der Waals surface area contributed by atoms with Gasteiger partial charge < -0.3 is 13.6 Å². The Labute approximate surface area is 303 Å². The molecule has 0 aliphatic heterocycles. The lowest BCUT2D eigenvalue weighted by Gasteiger charge is -2.15. The summed E-state index contributed by atoms with van der Waals surface area (Å²) in [6.07, 6.45) is 0. The van der Waals surface area contributed by atoms with Gasteiger partial charge in [0.05, 0.1) is 22.1 Å². The number of rotatable bonds is 2. The van der Waals surface area contributed by atoms with E-state index in [1.807, 2.05) is 0 Å². The Morgan fingerprint density at radius 3 is 1.92 bits per heavy atom. The van der Waals surface area contributed by atoms with Crippen LogP contribution >= 0.6 is 0 Å². The predicted molar refractivity (Wildman–Crippen MR) is 222 cm³/mol. The van der Waals surface area contributed by atoms with E-state index in [4.69, 9.17) is 4.42 Å². The lowest BCUT2D eigenvalue weighted by molar-refractivity contribution is 0.669. The molecule has 3 nitrogen and oxygen atoms in total. The van der Waals surface area contributed by atoms with Crippen LogP contribution in [0.5, 0.6) is 0 Å². The molecule has 0 bridgehead atoms. The highest BCUT2D eigenvalue weighted by Gasteiger charge is 2.26. The van der Waals surface area contributed by atoms with E-state index < -0.39 is 0 Å². The van der Waals surface area contributed by atoms with Gasteiger partial charge in [0.25, 0.3) is 0 Å². The molecular formula is C50H28N2O. The first kappa shape index (κ1) is 27.6. The monoisotopic (exact) mass is 672 g/mol. The normalized spacial score (nSPS) is 12.5. The Kier molecular flexibility index (Phi) is 5.11. The van der Waals surface area contributed by atoms with Crippen molar-refractivity contribution in [1.29, 1.82) is 0 Å². The van der Waals surface area contributed by atoms with Gasteiger partial charge in [-0.2, -0.15) is 0 Å². The maximum Gasteiger partial charge on any atom is 0.136 e. The second-order valence-electron chi connectivity index (χ2n) is 14.5. The highest BCUT2D eigenvalue weighted by molar-refractivity contribution is 6.32. The van der Waals surface area contributed by atoms with Crippen LogP contribution < -0.4 is 0 Å². The molecule has 13 rings (SSSR count). The Morgan fingerprint density at radius 2 is 1.00 bits per heavy atom. The lowest BCUT2D eigenvalue weighted by Crippen LogP contribution is -1.99. The van der Waals surface area contributed by atoms with Gasteiger partial charge in [-0.05, 0) is 92.3 Å². The summed E-state index contributed by atoms with van der Waals surface area (Å²) in [6.45, 7) is 0. The van der Waals surface area contributed by atoms with Gasteiger partial charge in [-0.3, -0.25) is 0 Å². The first-order valence-electron chi connectivity index (χ1n) is 18.3. The van der Waals surface area contributed by atoms with Crippen LogP contribution in [0.15, 0.2) is 174 Å². The Balaban J connectivity index is 1.27. The molecule has 0 unspecified atom stereocenters. The molecule has 0 fully saturated rings. The van der Waals surface area contributed by atoms with Crippen molar-refractivity contribution in [2.24, 2.45) is 0 Å². The third-order valence-electron chi connectivity index (χ3n) is 11.8. The minimum atomic E-state index is 0.906. The van der Waals surface area contributed by atoms with Gasteiger partial charge in [-0.1, -0.05) is 121 Å². The summed E-state index contributed by atoms with van der Waals surface area (Å²) in [5.41, 5.74) is 14.0. The molecule has 0 saturated carbocycles. The van der Waals surface area contributed by atoms with E-state index >= 15 is 0 Å². The Morgan fingerprint density at radius 1 is 0.321 bits per heavy atom. The summed E-state index contributed by atoms with van der Waals surface area (Å²) < 4.78 is 11.5. The van der Waals surface area contributed by atoms with Crippen LogP contribution in [0, 0.1) is 0 Å². The summed E-state index contributed by atoms with van der Waals surface area (Å²) in [4.78, 5) is 0. The largest absolute Gasteiger partial charge is 0.456 e. The van der Waals surface area contributed by atoms with Gasteiger partial charge >= 0.3 is 0 Å². The van der Waals surface area contributed by atoms with Crippen LogP contribution in [-0.2, 0) is 0 Å². The van der Waals surface area contributed by atoms with Crippen LogP contribution in [0.4, 0.5) is 0 Å². The maximum absolute atomic E-state index is 6.52. The van der Waals surface area contributed by atoms with Crippen LogP contribution in [-0.4, -0.2) is 9.13 Å². The number of fused-ring (bicyclic) bond motifs is 15. The van der Waals surface area contributed by atoms with Gasteiger partial charge in [0.1, 0.15) is 11.2 Å². The fourth-order valence-electron chi connectivity index (χ4n) is 9.64. The number of nitrogens with zero attached hydrogens (tertiary/aromatic N) is 2. The van der Waals surface area contributed by atoms with E-state index in [1.54, 1.807) is 0 Å². The van der Waals surface area contributed by atoms with E-state index in [0.717, 1.165) is 38.8 Å². The predicted octanol–water partition coefficient (Wildman–Crippen LogP) is 13.7. The number of hydrogen-bond donors (Lipinski definition) is 0. The van der Waals surface area contributed by atoms with Crippen molar-refractivity contribution in [2.45, 2.75) is 0 Å². The summed E-state index contributed by atoms with van der Waals surface area (Å²) in [5.74, 6) is 0. The van der Waals surface area contributed by atoms with E-state index in [1.165, 1.54) is 81.9 Å². The number of benzene rings is 9. The molecule has 244 valence electrons. The van der Waals surface area contributed by atoms with E-state index in [-0.39, 0.29) is 0 Å². The summed E-state index contributed by atoms with van der Waals surface area (Å²) >= 11 is 0. The quantitative estimate of drug-likeness (QED) is 0.179. The molecule has 0 amide bonds. The maximum atomic E-state index is 6.52. The van der Waals surface area contributed by atoms with Crippen LogP contribution in [0.1, 0.15) is 0 Å². The van der Waals surface area contributed by atoms with Crippen molar-refractivity contribution in [2.75, 3.05) is 0 Å². The van der Waals surface area contributed by atoms with Crippen molar-refractivity contribution >= 4 is 87.1 Å². The molecule has 9 aromatic carbocycles. The van der Waals surface area contributed by atoms with Crippen molar-refractivity contribution in [3.63, 3.8) is 0 Å². The minimum absolute atomic E-state index is 0.906. The van der Waals surface area contributed by atoms with E-state index in [0.29, 0.717) is 0 Å². The number of para-hydroxylation sites is 2. The molecule has 3 heterocycles. The molecule has 3 aromatic heterocycles. The SMILES string of the molecule is c1ccc2c(c1)-c1cccc3cc(-n4c5ccc6oc7ccccc7c6c5c5ccc6c7ccccc7n(-c7ccc8ccccc8c7)c6c54)cc-2c13. The Bertz CT molecular complexity index is 3570. The average Bonchev–Trinajstić information content (AvgIpc) is 3.95. The third-order valence-corrected chi connectivity index (χ3v) is 11.8. The van der Waals surface area contributed by atoms with Gasteiger partial charge in [0.2, 0.25) is 0 Å². The summed E-state index contributed by atoms with van der Waals surface area (Å²) in [5, 5.41) is 12.2. The molecule has 12 aromatic rings. The molecule has 0 saturated heterocycles. The first-order chi connectivity index (χ1) is 26.3. The van der Waals surface area contributed by atoms with E-state index in [2.05, 4.69) is 179 Å². The van der Waals surface area contributed by atoms with Gasteiger partial charge in [-0.25, -0.2) is 0 Å². The van der Waals surface area contributed by atoms with Crippen LogP contribution in [0.2, 0.25) is 0 Å². The van der Waals surface area contributed by atoms with Crippen molar-refractivity contribution in [3.05, 3.63) is 170 Å². The van der Waals surface area contributed by atoms with E-state index in [9.17, 15) is 0 Å². The molecule has 0 spiro atoms. The van der Waals surface area contributed by atoms with Gasteiger partial charge in [0, 0.05) is 43.7 Å². The highest BCUT2D eigenvalue weighted by atomic mass is 16.3. The topological polar surface area (TPSA) is 23.0 Å². The van der Waals surface area contributed by atoms with Crippen LogP contribution in [0.3, 0.4) is 0 Å². The zero-order chi connectivity index (χ0) is 34.4. The fourth-order valence-corrected chi connectivity index (χ4v) is 9.64. The molecule has 1 aliphatic carbocycles. The lowest BCUT2D eigenvalue weighted by atomic mass is 10.0. The molecular weight excluding hydrogens is 645 g/mol. The Hall–Kier alpha value is -7.10. The summed E-state index contributed by atoms with van der Waals surface area (Å²) in [6, 6.07) is 62.3. The third kappa shape index (κ3) is 3.49. The first-order valence-corrected chi connectivity index (χ1v) is 18.3. The highest BCUT2D eigenvalue weighted by Crippen LogP contribution is 2.50. The molecule has 0 N–H and O–H groups in total. The number of hydrogen-bond acceptors (Lipinski definition) is 1. The molecule has 1 aliphatic rings. The van der Waals surface area contributed by atoms with Crippen molar-refractivity contribution < 1.29 is 4.42 Å². The standard InChI is InChI=1S/C50H28N2O/c1-2-11-30-26-32(21-20-29(30)10-1)51-42-18-7-5-15-36(42)38-22-23-40-47-43(24-25-45-48(47)39-16-6-8-19-44(39)53-45)52(50(40)49(38)51)33-27-31-12-9-17-37-34-13-3-4-14-35(34)41(28-33)46(31)37/h1-28H. The van der Waals surface area contributed by atoms with Gasteiger partial charge in [-0.15, -0.1) is 0 Å². The second kappa shape index (κ2) is 9.81. The number of furan rings is 1. The van der Waals surface area contributed by atoms with Crippen molar-refractivity contribution in [1.82, 2.24) is 9.13 Å². The average molecular weight is 673 g/mol. The zero-order valence-corrected chi connectivity index (χ0v) is 28.5. The minimum Gasteiger partial charge on any atom is -0.456 e. The molecule has 53 heavy (non-hydrogen) atoms.